The van der Waals surface area contributed by atoms with E-state index in [4.69, 9.17) is 9.47 Å². The van der Waals surface area contributed by atoms with E-state index in [-0.39, 0.29) is 5.56 Å². The molecule has 25 heavy (non-hydrogen) atoms. The molecule has 0 aliphatic carbocycles. The van der Waals surface area contributed by atoms with Gasteiger partial charge in [0.2, 0.25) is 0 Å². The van der Waals surface area contributed by atoms with Gasteiger partial charge in [0.05, 0.1) is 7.11 Å². The van der Waals surface area contributed by atoms with E-state index in [0.29, 0.717) is 23.7 Å². The molecule has 1 N–H and O–H groups in total. The Hall–Kier alpha value is -3.27. The standard InChI is InChI=1S/C21H18O4/c1-24-19-13-7-11-17(20(19)21(22)23)16-10-5-6-12-18(16)25-14-15-8-3-2-4-9-15/h2-13H,14H2,1H3,(H,22,23). The molecule has 126 valence electrons. The van der Waals surface area contributed by atoms with E-state index >= 15 is 0 Å². The van der Waals surface area contributed by atoms with Crippen molar-refractivity contribution in [3.8, 4) is 22.6 Å². The van der Waals surface area contributed by atoms with E-state index < -0.39 is 5.97 Å². The third-order valence-corrected chi connectivity index (χ3v) is 3.87. The lowest BCUT2D eigenvalue weighted by Crippen LogP contribution is -2.04. The molecule has 0 atom stereocenters. The second-order valence-corrected chi connectivity index (χ2v) is 5.46. The Morgan fingerprint density at radius 2 is 1.48 bits per heavy atom. The van der Waals surface area contributed by atoms with Crippen LogP contribution in [0.25, 0.3) is 11.1 Å². The molecule has 0 saturated carbocycles. The Balaban J connectivity index is 2.00. The van der Waals surface area contributed by atoms with Crippen LogP contribution in [-0.4, -0.2) is 18.2 Å². The number of carboxylic acid groups (broad SMARTS) is 1. The van der Waals surface area contributed by atoms with Crippen LogP contribution in [0.3, 0.4) is 0 Å². The number of methoxy groups -OCH3 is 1. The van der Waals surface area contributed by atoms with Crippen LogP contribution < -0.4 is 9.47 Å². The first-order valence-electron chi connectivity index (χ1n) is 7.87. The third-order valence-electron chi connectivity index (χ3n) is 3.87. The Morgan fingerprint density at radius 1 is 0.840 bits per heavy atom. The molecule has 0 spiro atoms. The van der Waals surface area contributed by atoms with Crippen LogP contribution in [0.2, 0.25) is 0 Å². The molecule has 0 amide bonds. The molecular weight excluding hydrogens is 316 g/mol. The summed E-state index contributed by atoms with van der Waals surface area (Å²) in [6.07, 6.45) is 0. The molecule has 0 aliphatic rings. The summed E-state index contributed by atoms with van der Waals surface area (Å²) in [5, 5.41) is 9.62. The second-order valence-electron chi connectivity index (χ2n) is 5.46. The van der Waals surface area contributed by atoms with Crippen LogP contribution in [0, 0.1) is 0 Å². The zero-order valence-corrected chi connectivity index (χ0v) is 13.8. The molecule has 0 aliphatic heterocycles. The van der Waals surface area contributed by atoms with E-state index in [0.717, 1.165) is 11.1 Å². The zero-order chi connectivity index (χ0) is 17.6. The maximum atomic E-state index is 11.7. The van der Waals surface area contributed by atoms with E-state index in [1.54, 1.807) is 18.2 Å². The van der Waals surface area contributed by atoms with Gasteiger partial charge in [0.1, 0.15) is 23.7 Å². The van der Waals surface area contributed by atoms with Gasteiger partial charge in [0.25, 0.3) is 0 Å². The predicted molar refractivity (Wildman–Crippen MR) is 96.2 cm³/mol. The van der Waals surface area contributed by atoms with Crippen molar-refractivity contribution >= 4 is 5.97 Å². The summed E-state index contributed by atoms with van der Waals surface area (Å²) >= 11 is 0. The quantitative estimate of drug-likeness (QED) is 0.713. The summed E-state index contributed by atoms with van der Waals surface area (Å²) in [4.78, 5) is 11.7. The lowest BCUT2D eigenvalue weighted by atomic mass is 9.98. The molecule has 3 aromatic carbocycles. The number of carbonyl (C=O) groups is 1. The Labute approximate surface area is 146 Å². The Bertz CT molecular complexity index is 872. The van der Waals surface area contributed by atoms with Gasteiger partial charge >= 0.3 is 5.97 Å². The van der Waals surface area contributed by atoms with Crippen molar-refractivity contribution in [2.24, 2.45) is 0 Å². The topological polar surface area (TPSA) is 55.8 Å². The maximum absolute atomic E-state index is 11.7. The van der Waals surface area contributed by atoms with Gasteiger partial charge in [-0.25, -0.2) is 4.79 Å². The van der Waals surface area contributed by atoms with Gasteiger partial charge in [-0.2, -0.15) is 0 Å². The van der Waals surface area contributed by atoms with Gasteiger partial charge in [0.15, 0.2) is 0 Å². The highest BCUT2D eigenvalue weighted by atomic mass is 16.5. The summed E-state index contributed by atoms with van der Waals surface area (Å²) in [7, 11) is 1.46. The molecule has 4 heteroatoms. The number of benzene rings is 3. The second kappa shape index (κ2) is 7.53. The molecule has 3 rings (SSSR count). The number of para-hydroxylation sites is 1. The summed E-state index contributed by atoms with van der Waals surface area (Å²) in [6.45, 7) is 0.407. The SMILES string of the molecule is COc1cccc(-c2ccccc2OCc2ccccc2)c1C(=O)O. The number of rotatable bonds is 6. The van der Waals surface area contributed by atoms with Gasteiger partial charge < -0.3 is 14.6 Å². The summed E-state index contributed by atoms with van der Waals surface area (Å²) in [5.41, 5.74) is 2.45. The van der Waals surface area contributed by atoms with Gasteiger partial charge in [-0.15, -0.1) is 0 Å². The van der Waals surface area contributed by atoms with Crippen LogP contribution in [0.5, 0.6) is 11.5 Å². The van der Waals surface area contributed by atoms with Crippen molar-refractivity contribution in [1.82, 2.24) is 0 Å². The fourth-order valence-corrected chi connectivity index (χ4v) is 2.70. The van der Waals surface area contributed by atoms with Gasteiger partial charge in [-0.1, -0.05) is 60.7 Å². The minimum Gasteiger partial charge on any atom is -0.496 e. The number of hydrogen-bond donors (Lipinski definition) is 1. The fourth-order valence-electron chi connectivity index (χ4n) is 2.70. The number of carboxylic acids is 1. The maximum Gasteiger partial charge on any atom is 0.340 e. The fraction of sp³-hybridized carbons (Fsp3) is 0.0952. The highest BCUT2D eigenvalue weighted by Crippen LogP contribution is 2.36. The smallest absolute Gasteiger partial charge is 0.340 e. The van der Waals surface area contributed by atoms with Crippen LogP contribution >= 0.6 is 0 Å². The number of aromatic carboxylic acids is 1. The van der Waals surface area contributed by atoms with Crippen molar-refractivity contribution in [1.29, 1.82) is 0 Å². The lowest BCUT2D eigenvalue weighted by Gasteiger charge is -2.15. The first kappa shape index (κ1) is 16.6. The first-order valence-corrected chi connectivity index (χ1v) is 7.87. The van der Waals surface area contributed by atoms with Crippen molar-refractivity contribution in [2.75, 3.05) is 7.11 Å². The molecule has 4 nitrogen and oxygen atoms in total. The Morgan fingerprint density at radius 3 is 2.20 bits per heavy atom. The summed E-state index contributed by atoms with van der Waals surface area (Å²) in [5.74, 6) is -0.0877. The zero-order valence-electron chi connectivity index (χ0n) is 13.8. The van der Waals surface area contributed by atoms with Gasteiger partial charge in [-0.3, -0.25) is 0 Å². The molecular formula is C21H18O4. The Kier molecular flexibility index (Phi) is 5.00. The minimum atomic E-state index is -1.04. The number of ether oxygens (including phenoxy) is 2. The minimum absolute atomic E-state index is 0.126. The van der Waals surface area contributed by atoms with Gasteiger partial charge in [-0.05, 0) is 17.7 Å². The highest BCUT2D eigenvalue weighted by molar-refractivity contribution is 5.99. The molecule has 0 heterocycles. The van der Waals surface area contributed by atoms with E-state index in [2.05, 4.69) is 0 Å². The van der Waals surface area contributed by atoms with Crippen molar-refractivity contribution in [3.63, 3.8) is 0 Å². The predicted octanol–water partition coefficient (Wildman–Crippen LogP) is 4.64. The summed E-state index contributed by atoms with van der Waals surface area (Å²) in [6, 6.07) is 22.4. The summed E-state index contributed by atoms with van der Waals surface area (Å²) < 4.78 is 11.2. The molecule has 3 aromatic rings. The normalized spacial score (nSPS) is 10.3. The van der Waals surface area contributed by atoms with Crippen LogP contribution in [-0.2, 0) is 6.61 Å². The van der Waals surface area contributed by atoms with Crippen molar-refractivity contribution < 1.29 is 19.4 Å². The lowest BCUT2D eigenvalue weighted by molar-refractivity contribution is 0.0694. The third kappa shape index (κ3) is 3.63. The van der Waals surface area contributed by atoms with Crippen molar-refractivity contribution in [2.45, 2.75) is 6.61 Å². The average molecular weight is 334 g/mol. The van der Waals surface area contributed by atoms with Crippen molar-refractivity contribution in [3.05, 3.63) is 83.9 Å². The van der Waals surface area contributed by atoms with E-state index in [9.17, 15) is 9.90 Å². The molecule has 0 radical (unpaired) electrons. The highest BCUT2D eigenvalue weighted by Gasteiger charge is 2.19. The number of hydrogen-bond acceptors (Lipinski definition) is 3. The first-order chi connectivity index (χ1) is 12.2. The van der Waals surface area contributed by atoms with Gasteiger partial charge in [0, 0.05) is 11.1 Å². The van der Waals surface area contributed by atoms with Crippen LogP contribution in [0.1, 0.15) is 15.9 Å². The largest absolute Gasteiger partial charge is 0.496 e. The van der Waals surface area contributed by atoms with Crippen LogP contribution in [0.4, 0.5) is 0 Å². The molecule has 0 fully saturated rings. The molecule has 0 bridgehead atoms. The molecule has 0 saturated heterocycles. The molecule has 0 unspecified atom stereocenters. The monoisotopic (exact) mass is 334 g/mol. The average Bonchev–Trinajstić information content (AvgIpc) is 2.66. The molecule has 0 aromatic heterocycles. The van der Waals surface area contributed by atoms with E-state index in [1.165, 1.54) is 7.11 Å². The van der Waals surface area contributed by atoms with E-state index in [1.807, 2.05) is 54.6 Å². The van der Waals surface area contributed by atoms with Crippen LogP contribution in [0.15, 0.2) is 72.8 Å².